The molecule has 1 heterocycles. The van der Waals surface area contributed by atoms with E-state index in [1.54, 1.807) is 0 Å². The number of nitrogens with zero attached hydrogens (tertiary/aromatic N) is 1. The molecule has 1 aliphatic rings. The molecule has 3 rings (SSSR count). The normalized spacial score (nSPS) is 16.6. The standard InChI is InChI=1S/C22H29FN2O2/c1-17(2)18-3-9-22(10-4-18)27-16-21(26)15-24-11-13-25(14-12-24)20-7-5-19(23)6-8-20/h3-10,17,21,26H,11-16H2,1-2H3/p+1/t21-/m0/s1. The fourth-order valence-corrected chi connectivity index (χ4v) is 3.47. The predicted molar refractivity (Wildman–Crippen MR) is 106 cm³/mol. The lowest BCUT2D eigenvalue weighted by Crippen LogP contribution is -3.16. The van der Waals surface area contributed by atoms with Crippen LogP contribution in [0.4, 0.5) is 10.1 Å². The van der Waals surface area contributed by atoms with Gasteiger partial charge in [0.25, 0.3) is 0 Å². The van der Waals surface area contributed by atoms with Crippen LogP contribution in [0.2, 0.25) is 0 Å². The fourth-order valence-electron chi connectivity index (χ4n) is 3.47. The number of anilines is 1. The summed E-state index contributed by atoms with van der Waals surface area (Å²) in [5.41, 5.74) is 2.34. The van der Waals surface area contributed by atoms with Crippen molar-refractivity contribution in [1.82, 2.24) is 0 Å². The second-order valence-electron chi connectivity index (χ2n) is 7.61. The van der Waals surface area contributed by atoms with Crippen LogP contribution in [0.15, 0.2) is 48.5 Å². The van der Waals surface area contributed by atoms with Crippen molar-refractivity contribution in [3.05, 3.63) is 59.9 Å². The molecule has 0 amide bonds. The van der Waals surface area contributed by atoms with Crippen molar-refractivity contribution in [3.8, 4) is 5.75 Å². The van der Waals surface area contributed by atoms with Crippen molar-refractivity contribution in [2.75, 3.05) is 44.2 Å². The summed E-state index contributed by atoms with van der Waals surface area (Å²) < 4.78 is 18.8. The average molecular weight is 373 g/mol. The number of hydrogen-bond acceptors (Lipinski definition) is 3. The average Bonchev–Trinajstić information content (AvgIpc) is 2.68. The fraction of sp³-hybridized carbons (Fsp3) is 0.455. The van der Waals surface area contributed by atoms with Gasteiger partial charge in [0.05, 0.1) is 26.2 Å². The van der Waals surface area contributed by atoms with Crippen molar-refractivity contribution in [2.45, 2.75) is 25.9 Å². The molecule has 0 bridgehead atoms. The quantitative estimate of drug-likeness (QED) is 0.781. The van der Waals surface area contributed by atoms with E-state index in [9.17, 15) is 9.50 Å². The molecule has 1 aliphatic heterocycles. The van der Waals surface area contributed by atoms with Gasteiger partial charge < -0.3 is 19.6 Å². The maximum atomic E-state index is 13.0. The molecule has 5 heteroatoms. The summed E-state index contributed by atoms with van der Waals surface area (Å²) in [5, 5.41) is 10.3. The minimum atomic E-state index is -0.484. The Balaban J connectivity index is 1.40. The molecule has 0 saturated carbocycles. The lowest BCUT2D eigenvalue weighted by molar-refractivity contribution is -0.903. The first kappa shape index (κ1) is 19.6. The topological polar surface area (TPSA) is 37.1 Å². The number of nitrogens with one attached hydrogen (secondary N) is 1. The second-order valence-corrected chi connectivity index (χ2v) is 7.61. The maximum Gasteiger partial charge on any atom is 0.137 e. The molecule has 1 saturated heterocycles. The van der Waals surface area contributed by atoms with Gasteiger partial charge in [-0.25, -0.2) is 4.39 Å². The minimum Gasteiger partial charge on any atom is -0.491 e. The second kappa shape index (κ2) is 9.20. The molecule has 0 aliphatic carbocycles. The van der Waals surface area contributed by atoms with Gasteiger partial charge in [-0.1, -0.05) is 26.0 Å². The first-order valence-electron chi connectivity index (χ1n) is 9.76. The minimum absolute atomic E-state index is 0.204. The molecule has 1 atom stereocenters. The van der Waals surface area contributed by atoms with Crippen LogP contribution in [-0.4, -0.2) is 50.5 Å². The van der Waals surface area contributed by atoms with E-state index in [-0.39, 0.29) is 5.82 Å². The molecule has 0 spiro atoms. The molecular weight excluding hydrogens is 343 g/mol. The van der Waals surface area contributed by atoms with Crippen LogP contribution >= 0.6 is 0 Å². The summed E-state index contributed by atoms with van der Waals surface area (Å²) in [6, 6.07) is 14.7. The van der Waals surface area contributed by atoms with Crippen LogP contribution in [0.5, 0.6) is 5.75 Å². The van der Waals surface area contributed by atoms with Gasteiger partial charge in [-0.2, -0.15) is 0 Å². The van der Waals surface area contributed by atoms with Crippen molar-refractivity contribution in [1.29, 1.82) is 0 Å². The van der Waals surface area contributed by atoms with E-state index in [0.717, 1.165) is 37.6 Å². The van der Waals surface area contributed by atoms with Gasteiger partial charge in [0.15, 0.2) is 0 Å². The number of ether oxygens (including phenoxy) is 1. The number of rotatable bonds is 7. The van der Waals surface area contributed by atoms with E-state index >= 15 is 0 Å². The van der Waals surface area contributed by atoms with E-state index in [1.807, 2.05) is 24.3 Å². The maximum absolute atomic E-state index is 13.0. The number of aliphatic hydroxyl groups excluding tert-OH is 1. The van der Waals surface area contributed by atoms with E-state index in [0.29, 0.717) is 19.1 Å². The largest absolute Gasteiger partial charge is 0.491 e. The molecule has 2 aromatic rings. The Kier molecular flexibility index (Phi) is 6.69. The van der Waals surface area contributed by atoms with Crippen LogP contribution < -0.4 is 14.5 Å². The van der Waals surface area contributed by atoms with Gasteiger partial charge in [-0.3, -0.25) is 0 Å². The van der Waals surface area contributed by atoms with Gasteiger partial charge >= 0.3 is 0 Å². The number of quaternary nitrogens is 1. The highest BCUT2D eigenvalue weighted by atomic mass is 19.1. The zero-order chi connectivity index (χ0) is 19.2. The van der Waals surface area contributed by atoms with Crippen LogP contribution in [0.25, 0.3) is 0 Å². The Bertz CT molecular complexity index is 695. The zero-order valence-electron chi connectivity index (χ0n) is 16.2. The highest BCUT2D eigenvalue weighted by molar-refractivity contribution is 5.46. The molecule has 27 heavy (non-hydrogen) atoms. The summed E-state index contributed by atoms with van der Waals surface area (Å²) in [6.07, 6.45) is -0.484. The Morgan fingerprint density at radius 1 is 1.04 bits per heavy atom. The van der Waals surface area contributed by atoms with E-state index < -0.39 is 6.10 Å². The van der Waals surface area contributed by atoms with Gasteiger partial charge in [0, 0.05) is 5.69 Å². The number of halogens is 1. The third kappa shape index (κ3) is 5.68. The van der Waals surface area contributed by atoms with Crippen LogP contribution in [0.1, 0.15) is 25.3 Å². The van der Waals surface area contributed by atoms with Gasteiger partial charge in [-0.15, -0.1) is 0 Å². The molecule has 2 aromatic carbocycles. The number of piperazine rings is 1. The Hall–Kier alpha value is -2.11. The Labute approximate surface area is 161 Å². The molecule has 0 radical (unpaired) electrons. The molecule has 0 aromatic heterocycles. The first-order chi connectivity index (χ1) is 13.0. The SMILES string of the molecule is CC(C)c1ccc(OC[C@@H](O)C[NH+]2CCN(c3ccc(F)cc3)CC2)cc1. The van der Waals surface area contributed by atoms with Gasteiger partial charge in [0.2, 0.25) is 0 Å². The highest BCUT2D eigenvalue weighted by Gasteiger charge is 2.22. The molecule has 146 valence electrons. The summed E-state index contributed by atoms with van der Waals surface area (Å²) in [7, 11) is 0. The Morgan fingerprint density at radius 2 is 1.67 bits per heavy atom. The van der Waals surface area contributed by atoms with Crippen molar-refractivity contribution in [2.24, 2.45) is 0 Å². The van der Waals surface area contributed by atoms with Crippen LogP contribution in [0.3, 0.4) is 0 Å². The third-order valence-corrected chi connectivity index (χ3v) is 5.18. The molecule has 4 nitrogen and oxygen atoms in total. The molecule has 0 unspecified atom stereocenters. The summed E-state index contributed by atoms with van der Waals surface area (Å²) >= 11 is 0. The Morgan fingerprint density at radius 3 is 2.26 bits per heavy atom. The smallest absolute Gasteiger partial charge is 0.137 e. The zero-order valence-corrected chi connectivity index (χ0v) is 16.2. The van der Waals surface area contributed by atoms with E-state index in [2.05, 4.69) is 30.9 Å². The summed E-state index contributed by atoms with van der Waals surface area (Å²) in [5.74, 6) is 1.10. The van der Waals surface area contributed by atoms with Crippen molar-refractivity contribution < 1.29 is 19.1 Å². The summed E-state index contributed by atoms with van der Waals surface area (Å²) in [6.45, 7) is 9.05. The monoisotopic (exact) mass is 373 g/mol. The molecule has 1 fully saturated rings. The highest BCUT2D eigenvalue weighted by Crippen LogP contribution is 2.18. The number of aliphatic hydroxyl groups is 1. The predicted octanol–water partition coefficient (Wildman–Crippen LogP) is 2.09. The first-order valence-corrected chi connectivity index (χ1v) is 9.76. The summed E-state index contributed by atoms with van der Waals surface area (Å²) in [4.78, 5) is 3.64. The van der Waals surface area contributed by atoms with Crippen molar-refractivity contribution >= 4 is 5.69 Å². The lowest BCUT2D eigenvalue weighted by atomic mass is 10.0. The van der Waals surface area contributed by atoms with Crippen molar-refractivity contribution in [3.63, 3.8) is 0 Å². The number of benzene rings is 2. The molecular formula is C22H30FN2O2+. The number of hydrogen-bond donors (Lipinski definition) is 2. The van der Waals surface area contributed by atoms with Gasteiger partial charge in [-0.05, 0) is 47.9 Å². The third-order valence-electron chi connectivity index (χ3n) is 5.18. The van der Waals surface area contributed by atoms with Gasteiger partial charge in [0.1, 0.15) is 30.8 Å². The molecule has 2 N–H and O–H groups in total. The van der Waals surface area contributed by atoms with E-state index in [4.69, 9.17) is 4.74 Å². The van der Waals surface area contributed by atoms with Crippen LogP contribution in [-0.2, 0) is 0 Å². The van der Waals surface area contributed by atoms with Crippen LogP contribution in [0, 0.1) is 5.82 Å². The lowest BCUT2D eigenvalue weighted by Gasteiger charge is -2.34. The van der Waals surface area contributed by atoms with E-state index in [1.165, 1.54) is 22.6 Å².